The first kappa shape index (κ1) is 16.5. The van der Waals surface area contributed by atoms with Gasteiger partial charge in [-0.15, -0.1) is 0 Å². The standard InChI is InChI=1S/C19H28N6/c1-16-20-19(22-21-16)18-8-5-9-25(18)15-12-23-10-13-24(14-11-23)17-6-3-2-4-7-17/h2-4,6-7,18H,5,8-15H2,1H3,(H,20,21,22)/t18-/m0/s1. The second-order valence-corrected chi connectivity index (χ2v) is 7.14. The lowest BCUT2D eigenvalue weighted by Gasteiger charge is -2.37. The zero-order valence-corrected chi connectivity index (χ0v) is 15.1. The molecule has 0 aliphatic carbocycles. The number of nitrogens with zero attached hydrogens (tertiary/aromatic N) is 5. The van der Waals surface area contributed by atoms with Crippen molar-refractivity contribution >= 4 is 5.69 Å². The minimum Gasteiger partial charge on any atom is -0.369 e. The number of aromatic nitrogens is 3. The highest BCUT2D eigenvalue weighted by atomic mass is 15.3. The first-order chi connectivity index (χ1) is 12.3. The molecule has 25 heavy (non-hydrogen) atoms. The van der Waals surface area contributed by atoms with Crippen LogP contribution in [0, 0.1) is 6.92 Å². The Morgan fingerprint density at radius 2 is 1.84 bits per heavy atom. The third-order valence-corrected chi connectivity index (χ3v) is 5.47. The number of nitrogens with one attached hydrogen (secondary N) is 1. The normalized spacial score (nSPS) is 22.6. The van der Waals surface area contributed by atoms with Gasteiger partial charge in [-0.05, 0) is 38.4 Å². The summed E-state index contributed by atoms with van der Waals surface area (Å²) in [5, 5.41) is 7.38. The highest BCUT2D eigenvalue weighted by molar-refractivity contribution is 5.46. The van der Waals surface area contributed by atoms with Gasteiger partial charge in [-0.25, -0.2) is 4.98 Å². The van der Waals surface area contributed by atoms with E-state index >= 15 is 0 Å². The maximum atomic E-state index is 4.55. The van der Waals surface area contributed by atoms with Crippen LogP contribution in [0.25, 0.3) is 0 Å². The van der Waals surface area contributed by atoms with E-state index in [1.807, 2.05) is 6.92 Å². The van der Waals surface area contributed by atoms with Gasteiger partial charge in [0.15, 0.2) is 5.82 Å². The van der Waals surface area contributed by atoms with Crippen LogP contribution in [0.5, 0.6) is 0 Å². The van der Waals surface area contributed by atoms with Crippen LogP contribution < -0.4 is 4.90 Å². The van der Waals surface area contributed by atoms with Crippen molar-refractivity contribution in [3.8, 4) is 0 Å². The summed E-state index contributed by atoms with van der Waals surface area (Å²) in [4.78, 5) is 12.2. The average molecular weight is 340 g/mol. The smallest absolute Gasteiger partial charge is 0.167 e. The van der Waals surface area contributed by atoms with Gasteiger partial charge in [0.1, 0.15) is 5.82 Å². The summed E-state index contributed by atoms with van der Waals surface area (Å²) in [6, 6.07) is 11.2. The molecule has 4 rings (SSSR count). The number of benzene rings is 1. The minimum absolute atomic E-state index is 0.399. The van der Waals surface area contributed by atoms with Crippen LogP contribution in [0.15, 0.2) is 30.3 Å². The van der Waals surface area contributed by atoms with Crippen molar-refractivity contribution in [2.24, 2.45) is 0 Å². The third kappa shape index (κ3) is 3.85. The minimum atomic E-state index is 0.399. The van der Waals surface area contributed by atoms with Crippen LogP contribution in [-0.2, 0) is 0 Å². The number of hydrogen-bond donors (Lipinski definition) is 1. The van der Waals surface area contributed by atoms with Gasteiger partial charge in [0.2, 0.25) is 0 Å². The molecule has 2 aliphatic heterocycles. The van der Waals surface area contributed by atoms with E-state index in [2.05, 4.69) is 60.2 Å². The maximum absolute atomic E-state index is 4.55. The Balaban J connectivity index is 1.26. The van der Waals surface area contributed by atoms with Crippen molar-refractivity contribution in [1.82, 2.24) is 25.0 Å². The molecule has 134 valence electrons. The summed E-state index contributed by atoms with van der Waals surface area (Å²) >= 11 is 0. The zero-order chi connectivity index (χ0) is 17.1. The molecule has 1 N–H and O–H groups in total. The Labute approximate surface area is 149 Å². The predicted molar refractivity (Wildman–Crippen MR) is 99.8 cm³/mol. The fourth-order valence-electron chi connectivity index (χ4n) is 4.03. The van der Waals surface area contributed by atoms with Crippen molar-refractivity contribution in [3.05, 3.63) is 42.0 Å². The molecular formula is C19H28N6. The SMILES string of the molecule is Cc1nc([C@@H]2CCCN2CCN2CCN(c3ccccc3)CC2)n[nH]1. The molecule has 0 spiro atoms. The second kappa shape index (κ2) is 7.54. The number of anilines is 1. The van der Waals surface area contributed by atoms with E-state index in [0.717, 1.165) is 50.9 Å². The number of piperazine rings is 1. The third-order valence-electron chi connectivity index (χ3n) is 5.47. The molecule has 0 saturated carbocycles. The molecule has 0 radical (unpaired) electrons. The molecule has 2 aliphatic rings. The lowest BCUT2D eigenvalue weighted by molar-refractivity contribution is 0.184. The van der Waals surface area contributed by atoms with Crippen LogP contribution in [0.3, 0.4) is 0 Å². The van der Waals surface area contributed by atoms with Crippen LogP contribution in [-0.4, -0.2) is 70.8 Å². The molecule has 2 aromatic rings. The van der Waals surface area contributed by atoms with E-state index in [4.69, 9.17) is 0 Å². The monoisotopic (exact) mass is 340 g/mol. The topological polar surface area (TPSA) is 51.3 Å². The molecule has 1 atom stereocenters. The Hall–Kier alpha value is -1.92. The maximum Gasteiger partial charge on any atom is 0.167 e. The number of aryl methyl sites for hydroxylation is 1. The average Bonchev–Trinajstić information content (AvgIpc) is 3.29. The van der Waals surface area contributed by atoms with Gasteiger partial charge in [0.25, 0.3) is 0 Å². The number of likely N-dealkylation sites (tertiary alicyclic amines) is 1. The van der Waals surface area contributed by atoms with E-state index in [9.17, 15) is 0 Å². The first-order valence-corrected chi connectivity index (χ1v) is 9.45. The van der Waals surface area contributed by atoms with Gasteiger partial charge in [0.05, 0.1) is 6.04 Å². The molecular weight excluding hydrogens is 312 g/mol. The van der Waals surface area contributed by atoms with Crippen molar-refractivity contribution in [2.75, 3.05) is 50.7 Å². The highest BCUT2D eigenvalue weighted by Crippen LogP contribution is 2.29. The molecule has 2 saturated heterocycles. The summed E-state index contributed by atoms with van der Waals surface area (Å²) in [7, 11) is 0. The fraction of sp³-hybridized carbons (Fsp3) is 0.579. The first-order valence-electron chi connectivity index (χ1n) is 9.45. The van der Waals surface area contributed by atoms with Crippen molar-refractivity contribution in [2.45, 2.75) is 25.8 Å². The van der Waals surface area contributed by atoms with Gasteiger partial charge >= 0.3 is 0 Å². The van der Waals surface area contributed by atoms with Gasteiger partial charge < -0.3 is 4.90 Å². The molecule has 2 fully saturated rings. The Bertz CT molecular complexity index is 662. The quantitative estimate of drug-likeness (QED) is 0.903. The second-order valence-electron chi connectivity index (χ2n) is 7.14. The predicted octanol–water partition coefficient (Wildman–Crippen LogP) is 2.07. The molecule has 0 unspecified atom stereocenters. The molecule has 1 aromatic heterocycles. The fourth-order valence-corrected chi connectivity index (χ4v) is 4.03. The summed E-state index contributed by atoms with van der Waals surface area (Å²) in [5.74, 6) is 1.89. The van der Waals surface area contributed by atoms with Crippen LogP contribution in [0.1, 0.15) is 30.5 Å². The molecule has 6 nitrogen and oxygen atoms in total. The highest BCUT2D eigenvalue weighted by Gasteiger charge is 2.29. The van der Waals surface area contributed by atoms with E-state index in [0.29, 0.717) is 6.04 Å². The lowest BCUT2D eigenvalue weighted by atomic mass is 10.2. The van der Waals surface area contributed by atoms with E-state index in [1.54, 1.807) is 0 Å². The summed E-state index contributed by atoms with van der Waals surface area (Å²) < 4.78 is 0. The molecule has 0 amide bonds. The van der Waals surface area contributed by atoms with Gasteiger partial charge in [-0.2, -0.15) is 5.10 Å². The van der Waals surface area contributed by atoms with E-state index in [1.165, 1.54) is 25.1 Å². The number of aromatic amines is 1. The zero-order valence-electron chi connectivity index (χ0n) is 15.1. The number of hydrogen-bond acceptors (Lipinski definition) is 5. The van der Waals surface area contributed by atoms with Crippen LogP contribution in [0.4, 0.5) is 5.69 Å². The van der Waals surface area contributed by atoms with Crippen molar-refractivity contribution in [3.63, 3.8) is 0 Å². The molecule has 3 heterocycles. The van der Waals surface area contributed by atoms with Crippen LogP contribution >= 0.6 is 0 Å². The molecule has 6 heteroatoms. The van der Waals surface area contributed by atoms with E-state index in [-0.39, 0.29) is 0 Å². The Kier molecular flexibility index (Phi) is 4.99. The summed E-state index contributed by atoms with van der Waals surface area (Å²) in [5.41, 5.74) is 1.35. The number of para-hydroxylation sites is 1. The molecule has 0 bridgehead atoms. The van der Waals surface area contributed by atoms with E-state index < -0.39 is 0 Å². The molecule has 1 aromatic carbocycles. The lowest BCUT2D eigenvalue weighted by Crippen LogP contribution is -2.48. The van der Waals surface area contributed by atoms with Crippen molar-refractivity contribution < 1.29 is 0 Å². The van der Waals surface area contributed by atoms with Gasteiger partial charge in [0, 0.05) is 45.0 Å². The number of H-pyrrole nitrogens is 1. The Morgan fingerprint density at radius 1 is 1.04 bits per heavy atom. The van der Waals surface area contributed by atoms with Crippen LogP contribution in [0.2, 0.25) is 0 Å². The summed E-state index contributed by atoms with van der Waals surface area (Å²) in [6.45, 7) is 9.93. The van der Waals surface area contributed by atoms with Crippen molar-refractivity contribution in [1.29, 1.82) is 0 Å². The largest absolute Gasteiger partial charge is 0.369 e. The Morgan fingerprint density at radius 3 is 2.56 bits per heavy atom. The van der Waals surface area contributed by atoms with Gasteiger partial charge in [-0.3, -0.25) is 14.9 Å². The number of rotatable bonds is 5. The summed E-state index contributed by atoms with van der Waals surface area (Å²) in [6.07, 6.45) is 2.43. The van der Waals surface area contributed by atoms with Gasteiger partial charge in [-0.1, -0.05) is 18.2 Å².